The van der Waals surface area contributed by atoms with Crippen LogP contribution in [0.15, 0.2) is 27.3 Å². The maximum absolute atomic E-state index is 6.18. The minimum Gasteiger partial charge on any atom is -0.380 e. The highest BCUT2D eigenvalue weighted by atomic mass is 79.9. The van der Waals surface area contributed by atoms with Crippen molar-refractivity contribution in [3.63, 3.8) is 0 Å². The molecule has 0 amide bonds. The third kappa shape index (κ3) is 2.46. The minimum absolute atomic E-state index is 0.271. The number of nitrogen functional groups attached to an aromatic ring is 1. The standard InChI is InChI=1S/C11H10BrClN2O2/c1-16-5-8-9(12)2-6(3-10(8)13)7-4-15-17-11(7)14/h2-4H,5,14H2,1H3. The monoisotopic (exact) mass is 316 g/mol. The van der Waals surface area contributed by atoms with Crippen molar-refractivity contribution < 1.29 is 9.26 Å². The lowest BCUT2D eigenvalue weighted by Gasteiger charge is -2.08. The molecule has 4 nitrogen and oxygen atoms in total. The largest absolute Gasteiger partial charge is 0.380 e. The number of methoxy groups -OCH3 is 1. The van der Waals surface area contributed by atoms with Crippen molar-refractivity contribution in [2.75, 3.05) is 12.8 Å². The Morgan fingerprint density at radius 2 is 2.29 bits per heavy atom. The summed E-state index contributed by atoms with van der Waals surface area (Å²) in [7, 11) is 1.62. The van der Waals surface area contributed by atoms with Crippen LogP contribution in [0.3, 0.4) is 0 Å². The number of hydrogen-bond donors (Lipinski definition) is 1. The van der Waals surface area contributed by atoms with E-state index in [9.17, 15) is 0 Å². The molecule has 0 aliphatic carbocycles. The number of nitrogens with two attached hydrogens (primary N) is 1. The number of ether oxygens (including phenoxy) is 1. The van der Waals surface area contributed by atoms with E-state index in [2.05, 4.69) is 21.1 Å². The fourth-order valence-corrected chi connectivity index (χ4v) is 2.47. The van der Waals surface area contributed by atoms with Crippen LogP contribution in [-0.4, -0.2) is 12.3 Å². The van der Waals surface area contributed by atoms with Gasteiger partial charge in [-0.05, 0) is 17.7 Å². The van der Waals surface area contributed by atoms with Crippen LogP contribution < -0.4 is 5.73 Å². The van der Waals surface area contributed by atoms with Crippen LogP contribution in [-0.2, 0) is 11.3 Å². The lowest BCUT2D eigenvalue weighted by molar-refractivity contribution is 0.184. The number of anilines is 1. The fourth-order valence-electron chi connectivity index (χ4n) is 1.51. The van der Waals surface area contributed by atoms with Gasteiger partial charge in [-0.15, -0.1) is 0 Å². The van der Waals surface area contributed by atoms with Crippen molar-refractivity contribution >= 4 is 33.4 Å². The molecule has 2 aromatic rings. The summed E-state index contributed by atoms with van der Waals surface area (Å²) in [5.41, 5.74) is 8.12. The maximum Gasteiger partial charge on any atom is 0.229 e. The fraction of sp³-hybridized carbons (Fsp3) is 0.182. The third-order valence-electron chi connectivity index (χ3n) is 2.34. The van der Waals surface area contributed by atoms with Gasteiger partial charge in [-0.25, -0.2) is 0 Å². The van der Waals surface area contributed by atoms with Crippen molar-refractivity contribution in [2.45, 2.75) is 6.61 Å². The second kappa shape index (κ2) is 5.08. The van der Waals surface area contributed by atoms with E-state index in [0.29, 0.717) is 11.6 Å². The van der Waals surface area contributed by atoms with Crippen molar-refractivity contribution in [2.24, 2.45) is 0 Å². The zero-order chi connectivity index (χ0) is 12.4. The summed E-state index contributed by atoms with van der Waals surface area (Å²) in [6, 6.07) is 3.71. The summed E-state index contributed by atoms with van der Waals surface area (Å²) < 4.78 is 10.8. The number of halogens is 2. The zero-order valence-corrected chi connectivity index (χ0v) is 11.4. The van der Waals surface area contributed by atoms with E-state index in [4.69, 9.17) is 26.6 Å². The molecule has 90 valence electrons. The number of benzene rings is 1. The van der Waals surface area contributed by atoms with Crippen molar-refractivity contribution in [1.29, 1.82) is 0 Å². The zero-order valence-electron chi connectivity index (χ0n) is 9.04. The normalized spacial score (nSPS) is 10.8. The second-order valence-electron chi connectivity index (χ2n) is 3.46. The summed E-state index contributed by atoms with van der Waals surface area (Å²) in [6.45, 7) is 0.443. The van der Waals surface area contributed by atoms with E-state index >= 15 is 0 Å². The van der Waals surface area contributed by atoms with E-state index in [1.54, 1.807) is 13.3 Å². The molecule has 17 heavy (non-hydrogen) atoms. The topological polar surface area (TPSA) is 61.3 Å². The highest BCUT2D eigenvalue weighted by molar-refractivity contribution is 9.10. The van der Waals surface area contributed by atoms with Crippen molar-refractivity contribution in [1.82, 2.24) is 5.16 Å². The van der Waals surface area contributed by atoms with Gasteiger partial charge in [0.15, 0.2) is 0 Å². The van der Waals surface area contributed by atoms with Crippen LogP contribution in [0.1, 0.15) is 5.56 Å². The SMILES string of the molecule is COCc1c(Cl)cc(-c2cnoc2N)cc1Br. The number of rotatable bonds is 3. The van der Waals surface area contributed by atoms with Gasteiger partial charge in [-0.3, -0.25) is 0 Å². The van der Waals surface area contributed by atoms with E-state index in [-0.39, 0.29) is 5.88 Å². The molecule has 0 saturated heterocycles. The molecule has 1 aromatic heterocycles. The Morgan fingerprint density at radius 1 is 1.53 bits per heavy atom. The molecule has 1 heterocycles. The molecule has 2 N–H and O–H groups in total. The van der Waals surface area contributed by atoms with Gasteiger partial charge in [0.25, 0.3) is 0 Å². The highest BCUT2D eigenvalue weighted by Gasteiger charge is 2.12. The highest BCUT2D eigenvalue weighted by Crippen LogP contribution is 2.34. The quantitative estimate of drug-likeness (QED) is 0.941. The molecule has 0 aliphatic heterocycles. The van der Waals surface area contributed by atoms with Gasteiger partial charge in [-0.1, -0.05) is 32.7 Å². The van der Waals surface area contributed by atoms with Crippen LogP contribution in [0.4, 0.5) is 5.88 Å². The Labute approximate surface area is 112 Å². The average Bonchev–Trinajstić information content (AvgIpc) is 2.69. The molecular formula is C11H10BrClN2O2. The summed E-state index contributed by atoms with van der Waals surface area (Å²) in [6.07, 6.45) is 1.56. The Balaban J connectivity index is 2.49. The van der Waals surface area contributed by atoms with E-state index in [0.717, 1.165) is 21.2 Å². The first-order chi connectivity index (χ1) is 8.13. The molecule has 6 heteroatoms. The lowest BCUT2D eigenvalue weighted by atomic mass is 10.1. The van der Waals surface area contributed by atoms with Crippen LogP contribution in [0, 0.1) is 0 Å². The molecule has 0 fully saturated rings. The average molecular weight is 318 g/mol. The summed E-state index contributed by atoms with van der Waals surface area (Å²) in [4.78, 5) is 0. The Morgan fingerprint density at radius 3 is 2.82 bits per heavy atom. The summed E-state index contributed by atoms with van der Waals surface area (Å²) >= 11 is 9.63. The number of aromatic nitrogens is 1. The molecule has 0 unspecified atom stereocenters. The molecule has 0 saturated carbocycles. The molecule has 0 atom stereocenters. The molecular weight excluding hydrogens is 307 g/mol. The third-order valence-corrected chi connectivity index (χ3v) is 3.38. The first-order valence-electron chi connectivity index (χ1n) is 4.81. The molecule has 1 aromatic carbocycles. The van der Waals surface area contributed by atoms with Gasteiger partial charge in [0, 0.05) is 22.2 Å². The van der Waals surface area contributed by atoms with E-state index in [1.807, 2.05) is 12.1 Å². The molecule has 0 radical (unpaired) electrons. The van der Waals surface area contributed by atoms with Crippen LogP contribution in [0.2, 0.25) is 5.02 Å². The summed E-state index contributed by atoms with van der Waals surface area (Å²) in [5.74, 6) is 0.271. The minimum atomic E-state index is 0.271. The number of nitrogens with zero attached hydrogens (tertiary/aromatic N) is 1. The predicted octanol–water partition coefficient (Wildman–Crippen LogP) is 3.49. The van der Waals surface area contributed by atoms with Crippen molar-refractivity contribution in [3.8, 4) is 11.1 Å². The Bertz CT molecular complexity index is 519. The predicted molar refractivity (Wildman–Crippen MR) is 69.8 cm³/mol. The molecule has 0 bridgehead atoms. The molecule has 0 spiro atoms. The Hall–Kier alpha value is -1.04. The second-order valence-corrected chi connectivity index (χ2v) is 4.72. The van der Waals surface area contributed by atoms with Gasteiger partial charge in [-0.2, -0.15) is 0 Å². The molecule has 2 rings (SSSR count). The van der Waals surface area contributed by atoms with Crippen molar-refractivity contribution in [3.05, 3.63) is 33.4 Å². The van der Waals surface area contributed by atoms with E-state index < -0.39 is 0 Å². The first kappa shape index (κ1) is 12.4. The maximum atomic E-state index is 6.18. The van der Waals surface area contributed by atoms with Gasteiger partial charge in [0.05, 0.1) is 18.4 Å². The summed E-state index contributed by atoms with van der Waals surface area (Å²) in [5, 5.41) is 4.24. The Kier molecular flexibility index (Phi) is 3.71. The van der Waals surface area contributed by atoms with Crippen LogP contribution in [0.25, 0.3) is 11.1 Å². The van der Waals surface area contributed by atoms with Gasteiger partial charge in [0.2, 0.25) is 5.88 Å². The van der Waals surface area contributed by atoms with Crippen LogP contribution in [0.5, 0.6) is 0 Å². The number of hydrogen-bond acceptors (Lipinski definition) is 4. The molecule has 0 aliphatic rings. The smallest absolute Gasteiger partial charge is 0.229 e. The lowest BCUT2D eigenvalue weighted by Crippen LogP contribution is -1.92. The van der Waals surface area contributed by atoms with Crippen LogP contribution >= 0.6 is 27.5 Å². The van der Waals surface area contributed by atoms with Gasteiger partial charge < -0.3 is 15.0 Å². The van der Waals surface area contributed by atoms with Gasteiger partial charge in [0.1, 0.15) is 0 Å². The van der Waals surface area contributed by atoms with Gasteiger partial charge >= 0.3 is 0 Å². The first-order valence-corrected chi connectivity index (χ1v) is 5.98. The van der Waals surface area contributed by atoms with E-state index in [1.165, 1.54) is 0 Å².